The molecule has 2 rings (SSSR count). The van der Waals surface area contributed by atoms with Gasteiger partial charge in [0.25, 0.3) is 0 Å². The largest absolute Gasteiger partial charge is 0.397 e. The molecule has 0 heterocycles. The minimum Gasteiger partial charge on any atom is -0.397 e. The van der Waals surface area contributed by atoms with Gasteiger partial charge >= 0.3 is 0 Å². The quantitative estimate of drug-likeness (QED) is 0.799. The minimum atomic E-state index is -1.06. The Hall–Kier alpha value is -2.17. The Balaban J connectivity index is 2.39. The monoisotopic (exact) mass is 252 g/mol. The zero-order chi connectivity index (χ0) is 13.3. The van der Waals surface area contributed by atoms with Crippen molar-refractivity contribution in [2.24, 2.45) is 0 Å². The van der Waals surface area contributed by atoms with Crippen molar-refractivity contribution < 1.29 is 13.2 Å². The first-order chi connectivity index (χ1) is 8.49. The molecule has 0 bridgehead atoms. The fourth-order valence-electron chi connectivity index (χ4n) is 1.56. The van der Waals surface area contributed by atoms with Crippen LogP contribution < -0.4 is 11.1 Å². The maximum atomic E-state index is 13.5. The normalized spacial score (nSPS) is 10.4. The van der Waals surface area contributed by atoms with Gasteiger partial charge in [-0.05, 0) is 42.8 Å². The van der Waals surface area contributed by atoms with Gasteiger partial charge in [0.15, 0.2) is 11.6 Å². The van der Waals surface area contributed by atoms with Gasteiger partial charge in [0, 0.05) is 5.69 Å². The lowest BCUT2D eigenvalue weighted by Crippen LogP contribution is -2.01. The number of hydrogen-bond acceptors (Lipinski definition) is 2. The highest BCUT2D eigenvalue weighted by atomic mass is 19.2. The molecule has 18 heavy (non-hydrogen) atoms. The minimum absolute atomic E-state index is 0.0795. The van der Waals surface area contributed by atoms with Crippen LogP contribution in [0.3, 0.4) is 0 Å². The van der Waals surface area contributed by atoms with Crippen molar-refractivity contribution >= 4 is 17.1 Å². The molecule has 94 valence electrons. The van der Waals surface area contributed by atoms with Gasteiger partial charge in [0.2, 0.25) is 0 Å². The van der Waals surface area contributed by atoms with Crippen LogP contribution in [0.4, 0.5) is 30.2 Å². The Bertz CT molecular complexity index is 597. The number of nitrogens with two attached hydrogens (primary N) is 1. The molecular weight excluding hydrogens is 241 g/mol. The second-order valence-corrected chi connectivity index (χ2v) is 3.91. The fraction of sp³-hybridized carbons (Fsp3) is 0.0769. The van der Waals surface area contributed by atoms with Crippen LogP contribution in [-0.2, 0) is 0 Å². The van der Waals surface area contributed by atoms with Gasteiger partial charge in [-0.3, -0.25) is 0 Å². The lowest BCUT2D eigenvalue weighted by Gasteiger charge is -2.11. The molecule has 2 nitrogen and oxygen atoms in total. The third-order valence-electron chi connectivity index (χ3n) is 2.55. The first kappa shape index (κ1) is 12.3. The number of rotatable bonds is 2. The van der Waals surface area contributed by atoms with E-state index in [0.717, 1.165) is 6.07 Å². The lowest BCUT2D eigenvalue weighted by atomic mass is 10.2. The van der Waals surface area contributed by atoms with E-state index in [-0.39, 0.29) is 17.2 Å². The Morgan fingerprint density at radius 1 is 1.00 bits per heavy atom. The van der Waals surface area contributed by atoms with E-state index in [2.05, 4.69) is 5.32 Å². The highest BCUT2D eigenvalue weighted by molar-refractivity contribution is 5.73. The first-order valence-electron chi connectivity index (χ1n) is 5.25. The number of aryl methyl sites for hydroxylation is 1. The van der Waals surface area contributed by atoms with Crippen LogP contribution in [0.5, 0.6) is 0 Å². The van der Waals surface area contributed by atoms with Crippen LogP contribution in [-0.4, -0.2) is 0 Å². The molecule has 2 aromatic rings. The summed E-state index contributed by atoms with van der Waals surface area (Å²) < 4.78 is 39.7. The smallest absolute Gasteiger partial charge is 0.184 e. The third-order valence-corrected chi connectivity index (χ3v) is 2.55. The number of benzene rings is 2. The Morgan fingerprint density at radius 3 is 2.33 bits per heavy atom. The molecule has 0 aliphatic carbocycles. The van der Waals surface area contributed by atoms with Crippen LogP contribution >= 0.6 is 0 Å². The van der Waals surface area contributed by atoms with E-state index in [0.29, 0.717) is 11.3 Å². The van der Waals surface area contributed by atoms with Crippen molar-refractivity contribution in [3.05, 3.63) is 53.3 Å². The third kappa shape index (κ3) is 2.25. The molecule has 0 unspecified atom stereocenters. The lowest BCUT2D eigenvalue weighted by molar-refractivity contribution is 0.512. The summed E-state index contributed by atoms with van der Waals surface area (Å²) in [6.45, 7) is 1.58. The predicted octanol–water partition coefficient (Wildman–Crippen LogP) is 3.74. The van der Waals surface area contributed by atoms with Crippen molar-refractivity contribution in [3.8, 4) is 0 Å². The maximum Gasteiger partial charge on any atom is 0.184 e. The van der Waals surface area contributed by atoms with Gasteiger partial charge in [-0.15, -0.1) is 0 Å². The van der Waals surface area contributed by atoms with E-state index in [4.69, 9.17) is 5.73 Å². The number of nitrogen functional groups attached to an aromatic ring is 1. The Kier molecular flexibility index (Phi) is 3.14. The summed E-state index contributed by atoms with van der Waals surface area (Å²) >= 11 is 0. The molecule has 0 aromatic heterocycles. The second-order valence-electron chi connectivity index (χ2n) is 3.91. The van der Waals surface area contributed by atoms with Crippen LogP contribution in [0.1, 0.15) is 5.56 Å². The van der Waals surface area contributed by atoms with Crippen LogP contribution in [0, 0.1) is 24.4 Å². The van der Waals surface area contributed by atoms with Crippen molar-refractivity contribution in [3.63, 3.8) is 0 Å². The van der Waals surface area contributed by atoms with Crippen LogP contribution in [0.2, 0.25) is 0 Å². The Labute approximate surface area is 102 Å². The maximum absolute atomic E-state index is 13.5. The van der Waals surface area contributed by atoms with Gasteiger partial charge in [-0.2, -0.15) is 0 Å². The summed E-state index contributed by atoms with van der Waals surface area (Å²) in [7, 11) is 0. The zero-order valence-corrected chi connectivity index (χ0v) is 9.60. The molecular formula is C13H11F3N2. The summed E-state index contributed by atoms with van der Waals surface area (Å²) in [5.74, 6) is -2.42. The second kappa shape index (κ2) is 4.60. The van der Waals surface area contributed by atoms with Crippen LogP contribution in [0.15, 0.2) is 30.3 Å². The molecule has 0 amide bonds. The summed E-state index contributed by atoms with van der Waals surface area (Å²) in [5.41, 5.74) is 6.32. The molecule has 0 fully saturated rings. The molecule has 2 aromatic carbocycles. The van der Waals surface area contributed by atoms with Gasteiger partial charge in [-0.1, -0.05) is 0 Å². The van der Waals surface area contributed by atoms with E-state index < -0.39 is 11.6 Å². The average Bonchev–Trinajstić information content (AvgIpc) is 2.34. The van der Waals surface area contributed by atoms with E-state index in [1.165, 1.54) is 24.3 Å². The van der Waals surface area contributed by atoms with Crippen molar-refractivity contribution in [2.75, 3.05) is 11.1 Å². The average molecular weight is 252 g/mol. The highest BCUT2D eigenvalue weighted by Gasteiger charge is 2.12. The van der Waals surface area contributed by atoms with Crippen LogP contribution in [0.25, 0.3) is 0 Å². The van der Waals surface area contributed by atoms with Gasteiger partial charge < -0.3 is 11.1 Å². The topological polar surface area (TPSA) is 38.0 Å². The Morgan fingerprint density at radius 2 is 1.67 bits per heavy atom. The molecule has 5 heteroatoms. The van der Waals surface area contributed by atoms with Crippen molar-refractivity contribution in [1.29, 1.82) is 0 Å². The van der Waals surface area contributed by atoms with E-state index in [1.807, 2.05) is 0 Å². The van der Waals surface area contributed by atoms with Gasteiger partial charge in [-0.25, -0.2) is 13.2 Å². The van der Waals surface area contributed by atoms with E-state index in [1.54, 1.807) is 6.92 Å². The molecule has 3 N–H and O–H groups in total. The molecule has 0 saturated heterocycles. The fourth-order valence-corrected chi connectivity index (χ4v) is 1.56. The summed E-state index contributed by atoms with van der Waals surface area (Å²) in [6.07, 6.45) is 0. The molecule has 0 spiro atoms. The van der Waals surface area contributed by atoms with Gasteiger partial charge in [0.1, 0.15) is 11.5 Å². The summed E-state index contributed by atoms with van der Waals surface area (Å²) in [4.78, 5) is 0. The highest BCUT2D eigenvalue weighted by Crippen LogP contribution is 2.28. The zero-order valence-electron chi connectivity index (χ0n) is 9.60. The van der Waals surface area contributed by atoms with E-state index >= 15 is 0 Å². The standard InChI is InChI=1S/C13H11F3N2/c1-7-6-8(2-3-9(7)14)18-13-11(17)5-4-10(15)12(13)16/h2-6,18H,17H2,1H3. The van der Waals surface area contributed by atoms with E-state index in [9.17, 15) is 13.2 Å². The summed E-state index contributed by atoms with van der Waals surface area (Å²) in [6, 6.07) is 6.36. The number of nitrogens with one attached hydrogen (secondary N) is 1. The SMILES string of the molecule is Cc1cc(Nc2c(N)ccc(F)c2F)ccc1F. The molecule has 0 aliphatic heterocycles. The number of hydrogen-bond donors (Lipinski definition) is 2. The number of halogens is 3. The predicted molar refractivity (Wildman–Crippen MR) is 65.2 cm³/mol. The molecule has 0 aliphatic rings. The first-order valence-corrected chi connectivity index (χ1v) is 5.25. The van der Waals surface area contributed by atoms with Crippen molar-refractivity contribution in [2.45, 2.75) is 6.92 Å². The summed E-state index contributed by atoms with van der Waals surface area (Å²) in [5, 5.41) is 2.64. The molecule has 0 atom stereocenters. The molecule has 0 radical (unpaired) electrons. The van der Waals surface area contributed by atoms with Crippen molar-refractivity contribution in [1.82, 2.24) is 0 Å². The molecule has 0 saturated carbocycles. The van der Waals surface area contributed by atoms with Gasteiger partial charge in [0.05, 0.1) is 5.69 Å². The number of anilines is 3.